The van der Waals surface area contributed by atoms with Crippen molar-refractivity contribution in [1.82, 2.24) is 14.4 Å². The number of aryl methyl sites for hydroxylation is 2. The van der Waals surface area contributed by atoms with Gasteiger partial charge in [-0.2, -0.15) is 0 Å². The summed E-state index contributed by atoms with van der Waals surface area (Å²) >= 11 is 1.63. The van der Waals surface area contributed by atoms with E-state index in [0.717, 1.165) is 26.5 Å². The minimum Gasteiger partial charge on any atom is -0.451 e. The molecule has 7 nitrogen and oxygen atoms in total. The SMILES string of the molecule is Cc1ccc2nc(-c3ccc(NC(=O)COC(=O)c4cn5c(C)cccc5n4)cc3)sc2c1. The molecule has 3 heterocycles. The van der Waals surface area contributed by atoms with Gasteiger partial charge in [-0.25, -0.2) is 14.8 Å². The van der Waals surface area contributed by atoms with Crippen LogP contribution in [0.5, 0.6) is 0 Å². The summed E-state index contributed by atoms with van der Waals surface area (Å²) in [6.45, 7) is 3.58. The Hall–Kier alpha value is -4.04. The number of nitrogens with zero attached hydrogens (tertiary/aromatic N) is 3. The van der Waals surface area contributed by atoms with Crippen LogP contribution in [0.2, 0.25) is 0 Å². The molecule has 0 bridgehead atoms. The standard InChI is InChI=1S/C25H20N4O3S/c1-15-6-11-19-21(12-15)33-24(28-19)17-7-9-18(10-8-17)26-23(30)14-32-25(31)20-13-29-16(2)4-3-5-22(29)27-20/h3-13H,14H2,1-2H3,(H,26,30). The highest BCUT2D eigenvalue weighted by molar-refractivity contribution is 7.21. The van der Waals surface area contributed by atoms with E-state index < -0.39 is 18.5 Å². The Kier molecular flexibility index (Phi) is 5.35. The van der Waals surface area contributed by atoms with Gasteiger partial charge >= 0.3 is 5.97 Å². The van der Waals surface area contributed by atoms with Crippen LogP contribution in [-0.2, 0) is 9.53 Å². The Morgan fingerprint density at radius 1 is 1.03 bits per heavy atom. The fourth-order valence-electron chi connectivity index (χ4n) is 3.50. The number of pyridine rings is 1. The van der Waals surface area contributed by atoms with E-state index in [0.29, 0.717) is 11.3 Å². The van der Waals surface area contributed by atoms with Crippen molar-refractivity contribution in [2.75, 3.05) is 11.9 Å². The number of fused-ring (bicyclic) bond motifs is 2. The van der Waals surface area contributed by atoms with E-state index in [1.807, 2.05) is 43.3 Å². The van der Waals surface area contributed by atoms with E-state index in [2.05, 4.69) is 28.3 Å². The normalized spacial score (nSPS) is 11.1. The van der Waals surface area contributed by atoms with Crippen LogP contribution in [-0.4, -0.2) is 32.9 Å². The molecular weight excluding hydrogens is 436 g/mol. The summed E-state index contributed by atoms with van der Waals surface area (Å²) in [5.41, 5.74) is 5.51. The largest absolute Gasteiger partial charge is 0.451 e. The lowest BCUT2D eigenvalue weighted by Gasteiger charge is -2.06. The molecule has 0 unspecified atom stereocenters. The lowest BCUT2D eigenvalue weighted by atomic mass is 10.2. The minimum atomic E-state index is -0.644. The van der Waals surface area contributed by atoms with Gasteiger partial charge in [-0.3, -0.25) is 4.79 Å². The molecule has 0 fully saturated rings. The van der Waals surface area contributed by atoms with Crippen molar-refractivity contribution >= 4 is 44.8 Å². The molecule has 1 amide bonds. The lowest BCUT2D eigenvalue weighted by Crippen LogP contribution is -2.21. The van der Waals surface area contributed by atoms with E-state index in [1.54, 1.807) is 40.1 Å². The molecule has 5 aromatic rings. The Morgan fingerprint density at radius 3 is 2.64 bits per heavy atom. The topological polar surface area (TPSA) is 85.6 Å². The number of aromatic nitrogens is 3. The smallest absolute Gasteiger partial charge is 0.359 e. The Bertz CT molecular complexity index is 1500. The minimum absolute atomic E-state index is 0.160. The fraction of sp³-hybridized carbons (Fsp3) is 0.120. The van der Waals surface area contributed by atoms with Gasteiger partial charge in [0.1, 0.15) is 10.7 Å². The van der Waals surface area contributed by atoms with Gasteiger partial charge in [-0.05, 0) is 67.9 Å². The highest BCUT2D eigenvalue weighted by Gasteiger charge is 2.15. The lowest BCUT2D eigenvalue weighted by molar-refractivity contribution is -0.119. The van der Waals surface area contributed by atoms with Gasteiger partial charge < -0.3 is 14.5 Å². The second-order valence-electron chi connectivity index (χ2n) is 7.71. The molecule has 0 atom stereocenters. The number of carbonyl (C=O) groups excluding carboxylic acids is 2. The summed E-state index contributed by atoms with van der Waals surface area (Å²) in [4.78, 5) is 33.5. The van der Waals surface area contributed by atoms with E-state index >= 15 is 0 Å². The highest BCUT2D eigenvalue weighted by atomic mass is 32.1. The summed E-state index contributed by atoms with van der Waals surface area (Å²) in [5, 5.41) is 3.66. The molecule has 0 aliphatic rings. The van der Waals surface area contributed by atoms with Gasteiger partial charge in [0, 0.05) is 23.1 Å². The second-order valence-corrected chi connectivity index (χ2v) is 8.74. The van der Waals surface area contributed by atoms with Gasteiger partial charge in [0.05, 0.1) is 10.2 Å². The van der Waals surface area contributed by atoms with E-state index in [-0.39, 0.29) is 5.69 Å². The van der Waals surface area contributed by atoms with Crippen molar-refractivity contribution in [2.24, 2.45) is 0 Å². The summed E-state index contributed by atoms with van der Waals surface area (Å²) in [5.74, 6) is -1.07. The average Bonchev–Trinajstić information content (AvgIpc) is 3.43. The number of hydrogen-bond acceptors (Lipinski definition) is 6. The van der Waals surface area contributed by atoms with E-state index in [1.165, 1.54) is 5.56 Å². The van der Waals surface area contributed by atoms with Crippen LogP contribution in [0.25, 0.3) is 26.4 Å². The Morgan fingerprint density at radius 2 is 1.85 bits per heavy atom. The van der Waals surface area contributed by atoms with Gasteiger partial charge in [-0.15, -0.1) is 11.3 Å². The van der Waals surface area contributed by atoms with Crippen LogP contribution in [0.4, 0.5) is 5.69 Å². The summed E-state index contributed by atoms with van der Waals surface area (Å²) in [6.07, 6.45) is 1.60. The summed E-state index contributed by atoms with van der Waals surface area (Å²) in [7, 11) is 0. The molecule has 2 aromatic carbocycles. The van der Waals surface area contributed by atoms with Gasteiger partial charge in [0.2, 0.25) is 0 Å². The number of anilines is 1. The third-order valence-corrected chi connectivity index (χ3v) is 6.27. The molecule has 5 rings (SSSR count). The molecule has 0 aliphatic heterocycles. The quantitative estimate of drug-likeness (QED) is 0.375. The number of rotatable bonds is 5. The summed E-state index contributed by atoms with van der Waals surface area (Å²) in [6, 6.07) is 19.2. The fourth-order valence-corrected chi connectivity index (χ4v) is 4.57. The number of ether oxygens (including phenoxy) is 1. The Labute approximate surface area is 193 Å². The number of nitrogens with one attached hydrogen (secondary N) is 1. The van der Waals surface area contributed by atoms with Gasteiger partial charge in [-0.1, -0.05) is 12.1 Å². The number of imidazole rings is 1. The van der Waals surface area contributed by atoms with Crippen LogP contribution >= 0.6 is 11.3 Å². The molecule has 0 radical (unpaired) electrons. The van der Waals surface area contributed by atoms with E-state index in [9.17, 15) is 9.59 Å². The molecule has 0 aliphatic carbocycles. The predicted molar refractivity (Wildman–Crippen MR) is 129 cm³/mol. The van der Waals surface area contributed by atoms with Crippen LogP contribution in [0.15, 0.2) is 66.9 Å². The maximum atomic E-state index is 12.3. The van der Waals surface area contributed by atoms with E-state index in [4.69, 9.17) is 4.74 Å². The van der Waals surface area contributed by atoms with Crippen LogP contribution in [0.3, 0.4) is 0 Å². The van der Waals surface area contributed by atoms with Crippen molar-refractivity contribution in [2.45, 2.75) is 13.8 Å². The zero-order valence-electron chi connectivity index (χ0n) is 18.0. The summed E-state index contributed by atoms with van der Waals surface area (Å²) < 4.78 is 8.07. The first kappa shape index (κ1) is 20.8. The molecule has 8 heteroatoms. The number of esters is 1. The first-order chi connectivity index (χ1) is 16.0. The zero-order valence-corrected chi connectivity index (χ0v) is 18.8. The Balaban J connectivity index is 1.20. The monoisotopic (exact) mass is 456 g/mol. The molecule has 0 saturated heterocycles. The van der Waals surface area contributed by atoms with Crippen LogP contribution < -0.4 is 5.32 Å². The van der Waals surface area contributed by atoms with Gasteiger partial charge in [0.15, 0.2) is 12.3 Å². The van der Waals surface area contributed by atoms with Crippen molar-refractivity contribution in [3.8, 4) is 10.6 Å². The third-order valence-electron chi connectivity index (χ3n) is 5.20. The first-order valence-electron chi connectivity index (χ1n) is 10.4. The van der Waals surface area contributed by atoms with Crippen molar-refractivity contribution in [3.63, 3.8) is 0 Å². The predicted octanol–water partition coefficient (Wildman–Crippen LogP) is 5.02. The third kappa shape index (κ3) is 4.33. The van der Waals surface area contributed by atoms with Gasteiger partial charge in [0.25, 0.3) is 5.91 Å². The number of amides is 1. The molecule has 0 spiro atoms. The number of hydrogen-bond donors (Lipinski definition) is 1. The molecule has 3 aromatic heterocycles. The van der Waals surface area contributed by atoms with Crippen LogP contribution in [0.1, 0.15) is 21.7 Å². The van der Waals surface area contributed by atoms with Crippen molar-refractivity contribution in [3.05, 3.63) is 83.8 Å². The van der Waals surface area contributed by atoms with Crippen molar-refractivity contribution < 1.29 is 14.3 Å². The maximum Gasteiger partial charge on any atom is 0.359 e. The number of carbonyl (C=O) groups is 2. The van der Waals surface area contributed by atoms with Crippen molar-refractivity contribution in [1.29, 1.82) is 0 Å². The molecule has 0 saturated carbocycles. The molecule has 164 valence electrons. The molecule has 33 heavy (non-hydrogen) atoms. The number of benzene rings is 2. The van der Waals surface area contributed by atoms with Crippen LogP contribution in [0, 0.1) is 13.8 Å². The molecule has 1 N–H and O–H groups in total. The second kappa shape index (κ2) is 8.48. The zero-order chi connectivity index (χ0) is 22.9. The average molecular weight is 457 g/mol. The maximum absolute atomic E-state index is 12.3. The molecular formula is C25H20N4O3S. The first-order valence-corrected chi connectivity index (χ1v) is 11.2. The number of thiazole rings is 1. The highest BCUT2D eigenvalue weighted by Crippen LogP contribution is 2.31.